The number of rotatable bonds is 4. The van der Waals surface area contributed by atoms with Gasteiger partial charge < -0.3 is 15.1 Å². The number of hydrogen-bond donors (Lipinski definition) is 1. The van der Waals surface area contributed by atoms with E-state index >= 15 is 0 Å². The molecule has 26 heavy (non-hydrogen) atoms. The van der Waals surface area contributed by atoms with Gasteiger partial charge in [-0.15, -0.1) is 0 Å². The lowest BCUT2D eigenvalue weighted by atomic mass is 9.98. The highest BCUT2D eigenvalue weighted by molar-refractivity contribution is 6.30. The summed E-state index contributed by atoms with van der Waals surface area (Å²) < 4.78 is 0. The van der Waals surface area contributed by atoms with Crippen molar-refractivity contribution < 1.29 is 0 Å². The molecule has 0 radical (unpaired) electrons. The van der Waals surface area contributed by atoms with E-state index in [1.807, 2.05) is 19.2 Å². The minimum atomic E-state index is 0.731. The minimum Gasteiger partial charge on any atom is -0.356 e. The maximum atomic E-state index is 6.10. The summed E-state index contributed by atoms with van der Waals surface area (Å²) >= 11 is 6.10. The predicted molar refractivity (Wildman–Crippen MR) is 110 cm³/mol. The molecule has 1 N–H and O–H groups in total. The van der Waals surface area contributed by atoms with Crippen LogP contribution in [0.2, 0.25) is 5.02 Å². The van der Waals surface area contributed by atoms with Crippen LogP contribution in [0, 0.1) is 5.92 Å². The Hall–Kier alpha value is -1.30. The summed E-state index contributed by atoms with van der Waals surface area (Å²) in [5.41, 5.74) is 1.29. The van der Waals surface area contributed by atoms with Crippen molar-refractivity contribution in [1.82, 2.24) is 20.0 Å². The lowest BCUT2D eigenvalue weighted by Crippen LogP contribution is -2.53. The summed E-state index contributed by atoms with van der Waals surface area (Å²) in [7, 11) is 4.12. The molecule has 5 nitrogen and oxygen atoms in total. The van der Waals surface area contributed by atoms with Gasteiger partial charge in [-0.05, 0) is 50.0 Å². The highest BCUT2D eigenvalue weighted by Crippen LogP contribution is 2.15. The van der Waals surface area contributed by atoms with Gasteiger partial charge in [0.05, 0.1) is 0 Å². The van der Waals surface area contributed by atoms with Crippen molar-refractivity contribution in [1.29, 1.82) is 0 Å². The number of nitrogens with one attached hydrogen (secondary N) is 1. The van der Waals surface area contributed by atoms with Crippen molar-refractivity contribution in [3.05, 3.63) is 34.9 Å². The second-order valence-electron chi connectivity index (χ2n) is 7.59. The Balaban J connectivity index is 1.43. The number of piperazine rings is 1. The standard InChI is InChI=1S/C20H32ClN5/c1-22-20(23-14-18-6-4-8-24(2)15-18)26-11-9-25(10-12-26)16-17-5-3-7-19(21)13-17/h3,5,7,13,18H,4,6,8-12,14-16H2,1-2H3,(H,22,23). The van der Waals surface area contributed by atoms with Gasteiger partial charge >= 0.3 is 0 Å². The predicted octanol–water partition coefficient (Wildman–Crippen LogP) is 2.37. The largest absolute Gasteiger partial charge is 0.356 e. The van der Waals surface area contributed by atoms with Gasteiger partial charge in [-0.25, -0.2) is 0 Å². The number of benzene rings is 1. The van der Waals surface area contributed by atoms with Crippen molar-refractivity contribution >= 4 is 17.6 Å². The molecule has 2 saturated heterocycles. The fraction of sp³-hybridized carbons (Fsp3) is 0.650. The molecule has 0 aliphatic carbocycles. The number of aliphatic imine (C=N–C) groups is 1. The molecule has 0 saturated carbocycles. The van der Waals surface area contributed by atoms with Crippen LogP contribution in [0.5, 0.6) is 0 Å². The third kappa shape index (κ3) is 5.60. The van der Waals surface area contributed by atoms with Crippen LogP contribution in [0.3, 0.4) is 0 Å². The van der Waals surface area contributed by atoms with Crippen molar-refractivity contribution in [2.24, 2.45) is 10.9 Å². The summed E-state index contributed by atoms with van der Waals surface area (Å²) in [6.07, 6.45) is 2.63. The molecule has 0 aromatic heterocycles. The molecule has 0 amide bonds. The molecule has 144 valence electrons. The molecule has 6 heteroatoms. The van der Waals surface area contributed by atoms with Gasteiger partial charge in [-0.3, -0.25) is 9.89 Å². The molecule has 0 spiro atoms. The van der Waals surface area contributed by atoms with Crippen LogP contribution >= 0.6 is 11.6 Å². The monoisotopic (exact) mass is 377 g/mol. The van der Waals surface area contributed by atoms with E-state index in [2.05, 4.69) is 44.2 Å². The molecule has 2 aliphatic heterocycles. The summed E-state index contributed by atoms with van der Waals surface area (Å²) in [4.78, 5) is 11.8. The van der Waals surface area contributed by atoms with Gasteiger partial charge in [0.25, 0.3) is 0 Å². The van der Waals surface area contributed by atoms with Crippen LogP contribution in [0.4, 0.5) is 0 Å². The molecular formula is C20H32ClN5. The quantitative estimate of drug-likeness (QED) is 0.645. The zero-order valence-corrected chi connectivity index (χ0v) is 16.9. The molecule has 1 unspecified atom stereocenters. The summed E-state index contributed by atoms with van der Waals surface area (Å²) in [6, 6.07) is 8.18. The van der Waals surface area contributed by atoms with Crippen molar-refractivity contribution in [3.63, 3.8) is 0 Å². The second-order valence-corrected chi connectivity index (χ2v) is 8.03. The molecular weight excluding hydrogens is 346 g/mol. The Morgan fingerprint density at radius 2 is 2.04 bits per heavy atom. The number of piperidine rings is 1. The topological polar surface area (TPSA) is 34.1 Å². The first-order chi connectivity index (χ1) is 12.6. The lowest BCUT2D eigenvalue weighted by molar-refractivity contribution is 0.170. The van der Waals surface area contributed by atoms with E-state index in [1.54, 1.807) is 0 Å². The van der Waals surface area contributed by atoms with E-state index in [0.717, 1.165) is 56.2 Å². The maximum absolute atomic E-state index is 6.10. The zero-order valence-electron chi connectivity index (χ0n) is 16.1. The van der Waals surface area contributed by atoms with Crippen LogP contribution < -0.4 is 5.32 Å². The number of hydrogen-bond acceptors (Lipinski definition) is 3. The molecule has 1 aromatic carbocycles. The van der Waals surface area contributed by atoms with Gasteiger partial charge in [0, 0.05) is 57.9 Å². The van der Waals surface area contributed by atoms with Gasteiger partial charge in [-0.1, -0.05) is 23.7 Å². The van der Waals surface area contributed by atoms with E-state index in [-0.39, 0.29) is 0 Å². The maximum Gasteiger partial charge on any atom is 0.193 e. The van der Waals surface area contributed by atoms with Gasteiger partial charge in [-0.2, -0.15) is 0 Å². The minimum absolute atomic E-state index is 0.731. The first-order valence-electron chi connectivity index (χ1n) is 9.75. The zero-order chi connectivity index (χ0) is 18.4. The molecule has 2 aliphatic rings. The Bertz CT molecular complexity index is 598. The first-order valence-corrected chi connectivity index (χ1v) is 10.1. The van der Waals surface area contributed by atoms with Crippen LogP contribution in [0.25, 0.3) is 0 Å². The molecule has 2 fully saturated rings. The number of likely N-dealkylation sites (tertiary alicyclic amines) is 1. The summed E-state index contributed by atoms with van der Waals surface area (Å²) in [6.45, 7) is 8.57. The molecule has 1 atom stereocenters. The van der Waals surface area contributed by atoms with Crippen molar-refractivity contribution in [3.8, 4) is 0 Å². The van der Waals surface area contributed by atoms with Gasteiger partial charge in [0.2, 0.25) is 0 Å². The van der Waals surface area contributed by atoms with E-state index in [1.165, 1.54) is 31.5 Å². The van der Waals surface area contributed by atoms with Crippen molar-refractivity contribution in [2.45, 2.75) is 19.4 Å². The molecule has 1 aromatic rings. The Kier molecular flexibility index (Phi) is 7.17. The second kappa shape index (κ2) is 9.58. The third-order valence-corrected chi connectivity index (χ3v) is 5.68. The SMILES string of the molecule is CN=C(NCC1CCCN(C)C1)N1CCN(Cc2cccc(Cl)c2)CC1. The number of halogens is 1. The lowest BCUT2D eigenvalue weighted by Gasteiger charge is -2.37. The van der Waals surface area contributed by atoms with E-state index in [9.17, 15) is 0 Å². The van der Waals surface area contributed by atoms with E-state index in [0.29, 0.717) is 0 Å². The Labute approximate surface area is 163 Å². The van der Waals surface area contributed by atoms with Crippen LogP contribution in [-0.4, -0.2) is 80.6 Å². The average Bonchev–Trinajstić information content (AvgIpc) is 2.64. The van der Waals surface area contributed by atoms with Crippen LogP contribution in [0.1, 0.15) is 18.4 Å². The first kappa shape index (κ1) is 19.5. The highest BCUT2D eigenvalue weighted by Gasteiger charge is 2.22. The number of nitrogens with zero attached hydrogens (tertiary/aromatic N) is 4. The van der Waals surface area contributed by atoms with Gasteiger partial charge in [0.1, 0.15) is 0 Å². The van der Waals surface area contributed by atoms with E-state index < -0.39 is 0 Å². The van der Waals surface area contributed by atoms with Crippen LogP contribution in [-0.2, 0) is 6.54 Å². The molecule has 2 heterocycles. The molecule has 0 bridgehead atoms. The van der Waals surface area contributed by atoms with Crippen LogP contribution in [0.15, 0.2) is 29.3 Å². The smallest absolute Gasteiger partial charge is 0.193 e. The average molecular weight is 378 g/mol. The molecule has 3 rings (SSSR count). The summed E-state index contributed by atoms with van der Waals surface area (Å²) in [5.74, 6) is 1.79. The Morgan fingerprint density at radius 3 is 2.73 bits per heavy atom. The third-order valence-electron chi connectivity index (χ3n) is 5.45. The normalized spacial score (nSPS) is 23.3. The van der Waals surface area contributed by atoms with E-state index in [4.69, 9.17) is 11.6 Å². The van der Waals surface area contributed by atoms with Crippen molar-refractivity contribution in [2.75, 3.05) is 59.9 Å². The summed E-state index contributed by atoms with van der Waals surface area (Å²) in [5, 5.41) is 4.43. The van der Waals surface area contributed by atoms with Gasteiger partial charge in [0.15, 0.2) is 5.96 Å². The highest BCUT2D eigenvalue weighted by atomic mass is 35.5. The fourth-order valence-electron chi connectivity index (χ4n) is 4.02. The Morgan fingerprint density at radius 1 is 1.23 bits per heavy atom. The fourth-order valence-corrected chi connectivity index (χ4v) is 4.23. The number of guanidine groups is 1.